The molecular weight excluding hydrogens is 350 g/mol. The molecule has 0 saturated carbocycles. The van der Waals surface area contributed by atoms with E-state index in [0.29, 0.717) is 17.7 Å². The second-order valence-corrected chi connectivity index (χ2v) is 6.25. The predicted molar refractivity (Wildman–Crippen MR) is 107 cm³/mol. The molecule has 3 rings (SSSR count). The van der Waals surface area contributed by atoms with Crippen LogP contribution in [0.2, 0.25) is 0 Å². The largest absolute Gasteiger partial charge is 0.361 e. The second-order valence-electron chi connectivity index (χ2n) is 6.25. The average Bonchev–Trinajstić information content (AvgIpc) is 2.99. The van der Waals surface area contributed by atoms with Gasteiger partial charge in [-0.3, -0.25) is 9.59 Å². The van der Waals surface area contributed by atoms with Crippen LogP contribution in [0.3, 0.4) is 0 Å². The number of carbonyl (C=O) groups is 2. The first-order valence-electron chi connectivity index (χ1n) is 8.18. The fourth-order valence-electron chi connectivity index (χ4n) is 2.94. The lowest BCUT2D eigenvalue weighted by Gasteiger charge is -2.13. The molecule has 1 aromatic heterocycles. The first kappa shape index (κ1) is 19.7. The van der Waals surface area contributed by atoms with Crippen molar-refractivity contribution in [1.29, 1.82) is 0 Å². The van der Waals surface area contributed by atoms with Gasteiger partial charge in [0.2, 0.25) is 5.91 Å². The molecule has 0 saturated heterocycles. The van der Waals surface area contributed by atoms with Crippen molar-refractivity contribution in [3.05, 3.63) is 65.4 Å². The molecule has 6 heteroatoms. The number of ketones is 1. The van der Waals surface area contributed by atoms with Gasteiger partial charge in [-0.25, -0.2) is 0 Å². The van der Waals surface area contributed by atoms with Gasteiger partial charge in [0.15, 0.2) is 5.78 Å². The number of benzene rings is 2. The number of Topliss-reactive ketones (excluding diaryl/α,β-unsaturated/α-hetero) is 1. The van der Waals surface area contributed by atoms with Crippen LogP contribution < -0.4 is 11.1 Å². The zero-order valence-electron chi connectivity index (χ0n) is 14.7. The lowest BCUT2D eigenvalue weighted by Crippen LogP contribution is -2.37. The number of fused-ring (bicyclic) bond motifs is 1. The Kier molecular flexibility index (Phi) is 6.18. The summed E-state index contributed by atoms with van der Waals surface area (Å²) >= 11 is 0. The number of aromatic amines is 1. The maximum Gasteiger partial charge on any atom is 0.241 e. The summed E-state index contributed by atoms with van der Waals surface area (Å²) in [7, 11) is 0. The summed E-state index contributed by atoms with van der Waals surface area (Å²) in [6.07, 6.45) is 2.32. The van der Waals surface area contributed by atoms with E-state index in [2.05, 4.69) is 10.3 Å². The molecule has 0 aliphatic rings. The Bertz CT molecular complexity index is 949. The molecule has 136 valence electrons. The summed E-state index contributed by atoms with van der Waals surface area (Å²) < 4.78 is 0. The highest BCUT2D eigenvalue weighted by Crippen LogP contribution is 2.20. The van der Waals surface area contributed by atoms with Crippen LogP contribution in [-0.4, -0.2) is 22.7 Å². The van der Waals surface area contributed by atoms with Crippen molar-refractivity contribution in [2.75, 3.05) is 5.32 Å². The summed E-state index contributed by atoms with van der Waals surface area (Å²) in [5.41, 5.74) is 10.2. The van der Waals surface area contributed by atoms with Gasteiger partial charge in [0, 0.05) is 28.4 Å². The molecule has 3 aromatic rings. The Balaban J connectivity index is 0.00000243. The van der Waals surface area contributed by atoms with E-state index in [-0.39, 0.29) is 24.1 Å². The summed E-state index contributed by atoms with van der Waals surface area (Å²) in [5.74, 6) is -0.305. The maximum atomic E-state index is 12.4. The fraction of sp³-hybridized carbons (Fsp3) is 0.200. The predicted octanol–water partition coefficient (Wildman–Crippen LogP) is 3.61. The quantitative estimate of drug-likeness (QED) is 0.598. The number of halogens is 1. The number of nitrogens with one attached hydrogen (secondary N) is 2. The molecule has 0 aliphatic carbocycles. The Hall–Kier alpha value is -2.63. The van der Waals surface area contributed by atoms with Crippen molar-refractivity contribution >= 4 is 40.7 Å². The lowest BCUT2D eigenvalue weighted by atomic mass is 10.0. The highest BCUT2D eigenvalue weighted by molar-refractivity contribution is 5.99. The van der Waals surface area contributed by atoms with Crippen molar-refractivity contribution in [3.8, 4) is 0 Å². The van der Waals surface area contributed by atoms with Crippen LogP contribution in [0.4, 0.5) is 5.69 Å². The minimum absolute atomic E-state index is 0. The molecule has 5 nitrogen and oxygen atoms in total. The summed E-state index contributed by atoms with van der Waals surface area (Å²) in [5, 5.41) is 3.87. The van der Waals surface area contributed by atoms with E-state index >= 15 is 0 Å². The van der Waals surface area contributed by atoms with E-state index in [1.54, 1.807) is 12.1 Å². The van der Waals surface area contributed by atoms with Crippen molar-refractivity contribution in [2.24, 2.45) is 5.73 Å². The van der Waals surface area contributed by atoms with Gasteiger partial charge in [-0.2, -0.15) is 0 Å². The van der Waals surface area contributed by atoms with E-state index in [0.717, 1.165) is 22.0 Å². The highest BCUT2D eigenvalue weighted by atomic mass is 35.5. The number of hydrogen-bond donors (Lipinski definition) is 3. The smallest absolute Gasteiger partial charge is 0.241 e. The molecule has 26 heavy (non-hydrogen) atoms. The molecule has 0 unspecified atom stereocenters. The number of rotatable bonds is 5. The fourth-order valence-corrected chi connectivity index (χ4v) is 2.94. The zero-order chi connectivity index (χ0) is 18.0. The Morgan fingerprint density at radius 2 is 1.92 bits per heavy atom. The molecule has 0 fully saturated rings. The van der Waals surface area contributed by atoms with Gasteiger partial charge in [-0.1, -0.05) is 24.3 Å². The van der Waals surface area contributed by atoms with Crippen LogP contribution in [0.15, 0.2) is 48.7 Å². The third-order valence-corrected chi connectivity index (χ3v) is 4.34. The lowest BCUT2D eigenvalue weighted by molar-refractivity contribution is -0.117. The maximum absolute atomic E-state index is 12.4. The summed E-state index contributed by atoms with van der Waals surface area (Å²) in [4.78, 5) is 27.2. The van der Waals surface area contributed by atoms with Crippen LogP contribution in [0.1, 0.15) is 28.4 Å². The van der Waals surface area contributed by atoms with E-state index in [4.69, 9.17) is 5.73 Å². The molecule has 0 aliphatic heterocycles. The van der Waals surface area contributed by atoms with Gasteiger partial charge in [0.05, 0.1) is 6.04 Å². The van der Waals surface area contributed by atoms with Gasteiger partial charge in [-0.15, -0.1) is 12.4 Å². The summed E-state index contributed by atoms with van der Waals surface area (Å²) in [6, 6.07) is 12.5. The van der Waals surface area contributed by atoms with Crippen LogP contribution in [0, 0.1) is 6.92 Å². The summed E-state index contributed by atoms with van der Waals surface area (Å²) in [6.45, 7) is 3.38. The van der Waals surface area contributed by atoms with Gasteiger partial charge in [0.25, 0.3) is 0 Å². The van der Waals surface area contributed by atoms with E-state index in [1.165, 1.54) is 6.92 Å². The molecular formula is C20H22ClN3O2. The molecule has 1 atom stereocenters. The minimum atomic E-state index is -0.679. The number of nitrogens with two attached hydrogens (primary N) is 1. The standard InChI is InChI=1S/C20H21N3O2.ClH/c1-12-7-8-15(10-17(12)13(2)24)23-20(25)18(21)9-14-11-22-19-6-4-3-5-16(14)19;/h3-8,10-11,18,22H,9,21H2,1-2H3,(H,23,25);1H/t18-;/m0./s1. The van der Waals surface area contributed by atoms with Crippen LogP contribution in [0.25, 0.3) is 10.9 Å². The molecule has 0 spiro atoms. The number of carbonyl (C=O) groups excluding carboxylic acids is 2. The molecule has 1 amide bonds. The van der Waals surface area contributed by atoms with Gasteiger partial charge in [-0.05, 0) is 49.6 Å². The van der Waals surface area contributed by atoms with Crippen molar-refractivity contribution < 1.29 is 9.59 Å². The van der Waals surface area contributed by atoms with Gasteiger partial charge in [0.1, 0.15) is 0 Å². The number of H-pyrrole nitrogens is 1. The number of anilines is 1. The highest BCUT2D eigenvalue weighted by Gasteiger charge is 2.17. The van der Waals surface area contributed by atoms with Crippen molar-refractivity contribution in [1.82, 2.24) is 4.98 Å². The first-order chi connectivity index (χ1) is 12.0. The van der Waals surface area contributed by atoms with Gasteiger partial charge >= 0.3 is 0 Å². The molecule has 0 bridgehead atoms. The average molecular weight is 372 g/mol. The van der Waals surface area contributed by atoms with Crippen molar-refractivity contribution in [2.45, 2.75) is 26.3 Å². The Labute approximate surface area is 158 Å². The molecule has 1 heterocycles. The van der Waals surface area contributed by atoms with E-state index < -0.39 is 6.04 Å². The Morgan fingerprint density at radius 1 is 1.19 bits per heavy atom. The number of hydrogen-bond acceptors (Lipinski definition) is 3. The van der Waals surface area contributed by atoms with Crippen LogP contribution in [-0.2, 0) is 11.2 Å². The van der Waals surface area contributed by atoms with E-state index in [1.807, 2.05) is 43.5 Å². The van der Waals surface area contributed by atoms with E-state index in [9.17, 15) is 9.59 Å². The normalized spacial score (nSPS) is 11.7. The Morgan fingerprint density at radius 3 is 2.65 bits per heavy atom. The molecule has 4 N–H and O–H groups in total. The zero-order valence-corrected chi connectivity index (χ0v) is 15.5. The van der Waals surface area contributed by atoms with Crippen molar-refractivity contribution in [3.63, 3.8) is 0 Å². The van der Waals surface area contributed by atoms with Gasteiger partial charge < -0.3 is 16.0 Å². The number of aromatic nitrogens is 1. The second kappa shape index (κ2) is 8.17. The number of para-hydroxylation sites is 1. The van der Waals surface area contributed by atoms with Crippen LogP contribution in [0.5, 0.6) is 0 Å². The number of amides is 1. The van der Waals surface area contributed by atoms with Crippen LogP contribution >= 0.6 is 12.4 Å². The third-order valence-electron chi connectivity index (χ3n) is 4.34. The monoisotopic (exact) mass is 371 g/mol. The minimum Gasteiger partial charge on any atom is -0.361 e. The SMILES string of the molecule is CC(=O)c1cc(NC(=O)[C@@H](N)Cc2c[nH]c3ccccc23)ccc1C.Cl. The molecule has 2 aromatic carbocycles. The molecule has 0 radical (unpaired) electrons. The first-order valence-corrected chi connectivity index (χ1v) is 8.18. The third kappa shape index (κ3) is 4.12. The topological polar surface area (TPSA) is 88.0 Å². The number of aryl methyl sites for hydroxylation is 1.